The maximum atomic E-state index is 13.7. The van der Waals surface area contributed by atoms with E-state index in [1.807, 2.05) is 31.2 Å². The molecule has 3 aliphatic carbocycles. The van der Waals surface area contributed by atoms with Crippen LogP contribution in [0.25, 0.3) is 0 Å². The molecule has 0 aromatic heterocycles. The molecule has 2 unspecified atom stereocenters. The van der Waals surface area contributed by atoms with Gasteiger partial charge >= 0.3 is 5.97 Å². The molecule has 0 spiro atoms. The monoisotopic (exact) mass is 403 g/mol. The highest BCUT2D eigenvalue weighted by Gasteiger charge is 2.68. The summed E-state index contributed by atoms with van der Waals surface area (Å²) >= 11 is 0. The van der Waals surface area contributed by atoms with Crippen molar-refractivity contribution >= 4 is 17.8 Å². The lowest BCUT2D eigenvalue weighted by Gasteiger charge is -2.51. The SMILES string of the molecule is CC12C(=O)N(CCCCCC(=O)O)C(=O)C1C1c3ccccc3C2c2ccccc21. The van der Waals surface area contributed by atoms with Gasteiger partial charge in [0.2, 0.25) is 11.8 Å². The summed E-state index contributed by atoms with van der Waals surface area (Å²) in [6, 6.07) is 16.5. The number of amides is 2. The van der Waals surface area contributed by atoms with Crippen molar-refractivity contribution in [3.63, 3.8) is 0 Å². The quantitative estimate of drug-likeness (QED) is 0.586. The first kappa shape index (κ1) is 19.0. The fourth-order valence-corrected chi connectivity index (χ4v) is 6.13. The van der Waals surface area contributed by atoms with Crippen molar-refractivity contribution in [2.45, 2.75) is 44.4 Å². The van der Waals surface area contributed by atoms with E-state index in [-0.39, 0.29) is 36.0 Å². The Balaban J connectivity index is 1.51. The second kappa shape index (κ2) is 6.79. The summed E-state index contributed by atoms with van der Waals surface area (Å²) in [5.41, 5.74) is 3.92. The topological polar surface area (TPSA) is 74.7 Å². The van der Waals surface area contributed by atoms with Gasteiger partial charge in [-0.1, -0.05) is 55.0 Å². The van der Waals surface area contributed by atoms with Gasteiger partial charge in [-0.15, -0.1) is 0 Å². The molecule has 2 atom stereocenters. The molecule has 6 rings (SSSR count). The Morgan fingerprint density at radius 1 is 0.933 bits per heavy atom. The molecular weight excluding hydrogens is 378 g/mol. The summed E-state index contributed by atoms with van der Waals surface area (Å²) in [7, 11) is 0. The van der Waals surface area contributed by atoms with Crippen molar-refractivity contribution in [3.8, 4) is 0 Å². The van der Waals surface area contributed by atoms with E-state index in [0.717, 1.165) is 0 Å². The summed E-state index contributed by atoms with van der Waals surface area (Å²) in [5.74, 6) is -1.54. The van der Waals surface area contributed by atoms with Crippen LogP contribution in [0.5, 0.6) is 0 Å². The molecule has 2 amide bonds. The fraction of sp³-hybridized carbons (Fsp3) is 0.400. The number of hydrogen-bond acceptors (Lipinski definition) is 3. The molecule has 1 heterocycles. The standard InChI is InChI=1S/C25H25NO4/c1-25-21-17-11-6-4-9-15(17)20(16-10-5-7-12-18(16)21)22(25)23(29)26(24(25)30)14-8-2-3-13-19(27)28/h4-7,9-12,20-22H,2-3,8,13-14H2,1H3,(H,27,28). The number of carbonyl (C=O) groups is 3. The lowest BCUT2D eigenvalue weighted by Crippen LogP contribution is -2.49. The van der Waals surface area contributed by atoms with E-state index in [0.29, 0.717) is 25.8 Å². The van der Waals surface area contributed by atoms with Gasteiger partial charge in [0.15, 0.2) is 0 Å². The predicted octanol–water partition coefficient (Wildman–Crippen LogP) is 3.91. The van der Waals surface area contributed by atoms with Gasteiger partial charge in [-0.05, 0) is 42.0 Å². The molecule has 2 aromatic rings. The van der Waals surface area contributed by atoms with Crippen molar-refractivity contribution in [1.29, 1.82) is 0 Å². The van der Waals surface area contributed by atoms with E-state index in [4.69, 9.17) is 5.11 Å². The summed E-state index contributed by atoms with van der Waals surface area (Å²) in [4.78, 5) is 39.4. The van der Waals surface area contributed by atoms with Gasteiger partial charge in [-0.3, -0.25) is 19.3 Å². The van der Waals surface area contributed by atoms with Crippen LogP contribution in [0.4, 0.5) is 0 Å². The number of carbonyl (C=O) groups excluding carboxylic acids is 2. The Bertz CT molecular complexity index is 1010. The van der Waals surface area contributed by atoms with Crippen molar-refractivity contribution in [2.24, 2.45) is 11.3 Å². The molecule has 4 aliphatic rings. The van der Waals surface area contributed by atoms with Crippen molar-refractivity contribution in [3.05, 3.63) is 70.8 Å². The van der Waals surface area contributed by atoms with Crippen LogP contribution in [0.2, 0.25) is 0 Å². The first-order valence-corrected chi connectivity index (χ1v) is 10.7. The normalized spacial score (nSPS) is 28.3. The molecule has 30 heavy (non-hydrogen) atoms. The van der Waals surface area contributed by atoms with E-state index in [9.17, 15) is 14.4 Å². The van der Waals surface area contributed by atoms with Gasteiger partial charge in [0.05, 0.1) is 11.3 Å². The molecule has 1 aliphatic heterocycles. The number of hydrogen-bond donors (Lipinski definition) is 1. The lowest BCUT2D eigenvalue weighted by atomic mass is 9.48. The molecule has 154 valence electrons. The van der Waals surface area contributed by atoms with Gasteiger partial charge in [-0.25, -0.2) is 0 Å². The third kappa shape index (κ3) is 2.44. The van der Waals surface area contributed by atoms with Crippen molar-refractivity contribution in [2.75, 3.05) is 6.54 Å². The van der Waals surface area contributed by atoms with Crippen LogP contribution in [0, 0.1) is 11.3 Å². The van der Waals surface area contributed by atoms with Crippen molar-refractivity contribution < 1.29 is 19.5 Å². The fourth-order valence-electron chi connectivity index (χ4n) is 6.13. The Labute approximate surface area is 175 Å². The van der Waals surface area contributed by atoms with Crippen LogP contribution >= 0.6 is 0 Å². The van der Waals surface area contributed by atoms with Crippen LogP contribution < -0.4 is 0 Å². The number of aliphatic carboxylic acids is 1. The smallest absolute Gasteiger partial charge is 0.303 e. The molecule has 5 heteroatoms. The maximum absolute atomic E-state index is 13.7. The minimum absolute atomic E-state index is 0.0697. The maximum Gasteiger partial charge on any atom is 0.303 e. The highest BCUT2D eigenvalue weighted by molar-refractivity contribution is 6.10. The molecule has 1 N–H and O–H groups in total. The number of likely N-dealkylation sites (tertiary alicyclic amines) is 1. The van der Waals surface area contributed by atoms with Crippen LogP contribution in [0.15, 0.2) is 48.5 Å². The first-order chi connectivity index (χ1) is 14.5. The van der Waals surface area contributed by atoms with Gasteiger partial charge in [0, 0.05) is 24.8 Å². The predicted molar refractivity (Wildman–Crippen MR) is 111 cm³/mol. The summed E-state index contributed by atoms with van der Waals surface area (Å²) in [5, 5.41) is 8.80. The third-order valence-electron chi connectivity index (χ3n) is 7.37. The zero-order valence-electron chi connectivity index (χ0n) is 17.0. The Morgan fingerprint density at radius 2 is 1.50 bits per heavy atom. The van der Waals surface area contributed by atoms with Gasteiger partial charge < -0.3 is 5.11 Å². The largest absolute Gasteiger partial charge is 0.481 e. The number of rotatable bonds is 6. The summed E-state index contributed by atoms with van der Waals surface area (Å²) in [6.07, 6.45) is 2.02. The van der Waals surface area contributed by atoms with Crippen LogP contribution in [0.3, 0.4) is 0 Å². The Morgan fingerprint density at radius 3 is 2.07 bits per heavy atom. The number of carboxylic acids is 1. The molecular formula is C25H25NO4. The average Bonchev–Trinajstić information content (AvgIpc) is 2.94. The van der Waals surface area contributed by atoms with E-state index >= 15 is 0 Å². The number of nitrogens with zero attached hydrogens (tertiary/aromatic N) is 1. The number of unbranched alkanes of at least 4 members (excludes halogenated alkanes) is 2. The minimum Gasteiger partial charge on any atom is -0.481 e. The van der Waals surface area contributed by atoms with Crippen LogP contribution in [-0.4, -0.2) is 34.3 Å². The second-order valence-electron chi connectivity index (χ2n) is 8.93. The number of carboxylic acid groups (broad SMARTS) is 1. The van der Waals surface area contributed by atoms with Gasteiger partial charge in [0.25, 0.3) is 0 Å². The molecule has 2 aromatic carbocycles. The van der Waals surface area contributed by atoms with E-state index in [1.54, 1.807) is 0 Å². The summed E-state index contributed by atoms with van der Waals surface area (Å²) < 4.78 is 0. The highest BCUT2D eigenvalue weighted by atomic mass is 16.4. The van der Waals surface area contributed by atoms with Crippen LogP contribution in [0.1, 0.15) is 66.7 Å². The van der Waals surface area contributed by atoms with Crippen molar-refractivity contribution in [1.82, 2.24) is 4.90 Å². The van der Waals surface area contributed by atoms with E-state index < -0.39 is 11.4 Å². The molecule has 0 radical (unpaired) electrons. The molecule has 1 fully saturated rings. The Kier molecular flexibility index (Phi) is 4.31. The van der Waals surface area contributed by atoms with Gasteiger partial charge in [0.1, 0.15) is 0 Å². The van der Waals surface area contributed by atoms with E-state index in [2.05, 4.69) is 24.3 Å². The van der Waals surface area contributed by atoms with E-state index in [1.165, 1.54) is 27.2 Å². The van der Waals surface area contributed by atoms with Gasteiger partial charge in [-0.2, -0.15) is 0 Å². The summed E-state index contributed by atoms with van der Waals surface area (Å²) in [6.45, 7) is 2.35. The number of benzene rings is 2. The Hall–Kier alpha value is -2.95. The molecule has 2 bridgehead atoms. The molecule has 1 saturated heterocycles. The molecule has 5 nitrogen and oxygen atoms in total. The first-order valence-electron chi connectivity index (χ1n) is 10.7. The lowest BCUT2D eigenvalue weighted by molar-refractivity contribution is -0.142. The van der Waals surface area contributed by atoms with Crippen LogP contribution in [-0.2, 0) is 14.4 Å². The average molecular weight is 403 g/mol. The zero-order valence-corrected chi connectivity index (χ0v) is 17.0. The second-order valence-corrected chi connectivity index (χ2v) is 8.93. The molecule has 0 saturated carbocycles. The minimum atomic E-state index is -0.811. The zero-order chi connectivity index (χ0) is 21.0. The highest BCUT2D eigenvalue weighted by Crippen LogP contribution is 2.66. The third-order valence-corrected chi connectivity index (χ3v) is 7.37. The number of imide groups is 1.